The standard InChI is InChI=1S/C18H21N5S2.HI/c1-19-16(20-11-14-12-23-9-10-24-17(23)22-14)21-13-18(7-8-18)25-15-5-3-2-4-6-15;/h2-6,9-10,12H,7-8,11,13H2,1H3,(H2,19,20,21);1H. The van der Waals surface area contributed by atoms with E-state index in [4.69, 9.17) is 0 Å². The number of nitrogens with zero attached hydrogens (tertiary/aromatic N) is 3. The molecule has 4 rings (SSSR count). The van der Waals surface area contributed by atoms with Crippen LogP contribution in [0.25, 0.3) is 4.96 Å². The van der Waals surface area contributed by atoms with Gasteiger partial charge in [0.15, 0.2) is 10.9 Å². The highest BCUT2D eigenvalue weighted by Crippen LogP contribution is 2.51. The highest BCUT2D eigenvalue weighted by atomic mass is 127. The molecule has 0 radical (unpaired) electrons. The number of thioether (sulfide) groups is 1. The van der Waals surface area contributed by atoms with Gasteiger partial charge in [-0.1, -0.05) is 18.2 Å². The number of hydrogen-bond donors (Lipinski definition) is 2. The number of imidazole rings is 1. The molecule has 0 atom stereocenters. The maximum Gasteiger partial charge on any atom is 0.193 e. The summed E-state index contributed by atoms with van der Waals surface area (Å²) < 4.78 is 2.35. The summed E-state index contributed by atoms with van der Waals surface area (Å²) in [6.07, 6.45) is 6.57. The summed E-state index contributed by atoms with van der Waals surface area (Å²) in [5, 5.41) is 8.88. The molecule has 2 aromatic heterocycles. The van der Waals surface area contributed by atoms with Gasteiger partial charge in [0, 0.05) is 41.0 Å². The first-order valence-corrected chi connectivity index (χ1v) is 10.1. The van der Waals surface area contributed by atoms with E-state index in [1.54, 1.807) is 11.3 Å². The van der Waals surface area contributed by atoms with Gasteiger partial charge in [0.2, 0.25) is 0 Å². The van der Waals surface area contributed by atoms with E-state index in [0.29, 0.717) is 11.3 Å². The van der Waals surface area contributed by atoms with Gasteiger partial charge in [-0.3, -0.25) is 9.39 Å². The molecular formula is C18H22IN5S2. The van der Waals surface area contributed by atoms with Crippen molar-refractivity contribution in [3.63, 3.8) is 0 Å². The summed E-state index contributed by atoms with van der Waals surface area (Å²) in [6.45, 7) is 1.59. The summed E-state index contributed by atoms with van der Waals surface area (Å²) in [4.78, 5) is 11.3. The van der Waals surface area contributed by atoms with Crippen molar-refractivity contribution in [3.8, 4) is 0 Å². The van der Waals surface area contributed by atoms with Crippen molar-refractivity contribution in [1.82, 2.24) is 20.0 Å². The molecule has 2 N–H and O–H groups in total. The summed E-state index contributed by atoms with van der Waals surface area (Å²) in [5.74, 6) is 0.830. The Hall–Kier alpha value is -1.26. The molecule has 3 aromatic rings. The lowest BCUT2D eigenvalue weighted by Gasteiger charge is -2.18. The highest BCUT2D eigenvalue weighted by Gasteiger charge is 2.43. The molecule has 0 bridgehead atoms. The second-order valence-corrected chi connectivity index (χ2v) is 8.62. The van der Waals surface area contributed by atoms with E-state index in [1.807, 2.05) is 34.8 Å². The minimum atomic E-state index is 0. The molecule has 2 heterocycles. The van der Waals surface area contributed by atoms with Crippen molar-refractivity contribution < 1.29 is 0 Å². The summed E-state index contributed by atoms with van der Waals surface area (Å²) in [7, 11) is 1.81. The van der Waals surface area contributed by atoms with E-state index in [9.17, 15) is 0 Å². The summed E-state index contributed by atoms with van der Waals surface area (Å²) in [6, 6.07) is 10.6. The fourth-order valence-corrected chi connectivity index (χ4v) is 4.66. The van der Waals surface area contributed by atoms with Crippen LogP contribution < -0.4 is 10.6 Å². The van der Waals surface area contributed by atoms with Crippen LogP contribution in [0.4, 0.5) is 0 Å². The van der Waals surface area contributed by atoms with Crippen LogP contribution >= 0.6 is 47.1 Å². The fraction of sp³-hybridized carbons (Fsp3) is 0.333. The lowest BCUT2D eigenvalue weighted by atomic mass is 10.4. The smallest absolute Gasteiger partial charge is 0.193 e. The quantitative estimate of drug-likeness (QED) is 0.306. The predicted molar refractivity (Wildman–Crippen MR) is 121 cm³/mol. The van der Waals surface area contributed by atoms with Gasteiger partial charge in [0.25, 0.3) is 0 Å². The third-order valence-corrected chi connectivity index (χ3v) is 6.53. The van der Waals surface area contributed by atoms with Gasteiger partial charge in [-0.25, -0.2) is 4.98 Å². The van der Waals surface area contributed by atoms with Crippen LogP contribution in [0.5, 0.6) is 0 Å². The van der Waals surface area contributed by atoms with E-state index in [-0.39, 0.29) is 24.0 Å². The minimum Gasteiger partial charge on any atom is -0.355 e. The molecule has 0 aliphatic heterocycles. The number of thiazole rings is 1. The van der Waals surface area contributed by atoms with Gasteiger partial charge in [-0.15, -0.1) is 47.1 Å². The molecule has 1 aromatic carbocycles. The van der Waals surface area contributed by atoms with Crippen molar-refractivity contribution in [2.45, 2.75) is 29.0 Å². The predicted octanol–water partition coefficient (Wildman–Crippen LogP) is 4.00. The molecule has 0 spiro atoms. The lowest BCUT2D eigenvalue weighted by Crippen LogP contribution is -2.40. The Morgan fingerprint density at radius 3 is 2.81 bits per heavy atom. The number of nitrogens with one attached hydrogen (secondary N) is 2. The van der Waals surface area contributed by atoms with Crippen molar-refractivity contribution in [2.24, 2.45) is 4.99 Å². The van der Waals surface area contributed by atoms with Gasteiger partial charge in [-0.05, 0) is 25.0 Å². The van der Waals surface area contributed by atoms with Crippen LogP contribution in [0.1, 0.15) is 18.5 Å². The third-order valence-electron chi connectivity index (χ3n) is 4.27. The van der Waals surface area contributed by atoms with Crippen molar-refractivity contribution in [2.75, 3.05) is 13.6 Å². The van der Waals surface area contributed by atoms with Gasteiger partial charge in [-0.2, -0.15) is 0 Å². The van der Waals surface area contributed by atoms with Crippen molar-refractivity contribution in [1.29, 1.82) is 0 Å². The average molecular weight is 499 g/mol. The first-order chi connectivity index (χ1) is 12.3. The number of halogens is 1. The van der Waals surface area contributed by atoms with E-state index in [2.05, 4.69) is 57.1 Å². The first kappa shape index (κ1) is 19.5. The Kier molecular flexibility index (Phi) is 6.46. The molecule has 1 aliphatic carbocycles. The molecule has 0 saturated heterocycles. The summed E-state index contributed by atoms with van der Waals surface area (Å²) >= 11 is 3.61. The van der Waals surface area contributed by atoms with Crippen LogP contribution in [-0.2, 0) is 6.54 Å². The number of hydrogen-bond acceptors (Lipinski definition) is 4. The number of rotatable bonds is 6. The zero-order chi connectivity index (χ0) is 17.1. The van der Waals surface area contributed by atoms with Crippen LogP contribution in [0.3, 0.4) is 0 Å². The number of guanidine groups is 1. The molecule has 8 heteroatoms. The van der Waals surface area contributed by atoms with E-state index >= 15 is 0 Å². The topological polar surface area (TPSA) is 53.7 Å². The zero-order valence-corrected chi connectivity index (χ0v) is 18.5. The Morgan fingerprint density at radius 1 is 1.31 bits per heavy atom. The van der Waals surface area contributed by atoms with E-state index in [1.165, 1.54) is 17.7 Å². The van der Waals surface area contributed by atoms with Crippen molar-refractivity contribution >= 4 is 58.0 Å². The molecule has 1 aliphatic rings. The molecule has 1 fully saturated rings. The number of aliphatic imine (C=N–C) groups is 1. The Morgan fingerprint density at radius 2 is 2.12 bits per heavy atom. The fourth-order valence-electron chi connectivity index (χ4n) is 2.69. The largest absolute Gasteiger partial charge is 0.355 e. The summed E-state index contributed by atoms with van der Waals surface area (Å²) in [5.41, 5.74) is 1.02. The molecule has 5 nitrogen and oxygen atoms in total. The number of aromatic nitrogens is 2. The third kappa shape index (κ3) is 4.72. The van der Waals surface area contributed by atoms with E-state index < -0.39 is 0 Å². The molecule has 0 amide bonds. The maximum absolute atomic E-state index is 4.59. The Balaban J connectivity index is 0.00000196. The Labute approximate surface area is 178 Å². The lowest BCUT2D eigenvalue weighted by molar-refractivity contribution is 0.761. The van der Waals surface area contributed by atoms with Crippen LogP contribution in [0, 0.1) is 0 Å². The zero-order valence-electron chi connectivity index (χ0n) is 14.5. The number of benzene rings is 1. The number of fused-ring (bicyclic) bond motifs is 1. The minimum absolute atomic E-state index is 0. The average Bonchev–Trinajstić information content (AvgIpc) is 3.06. The van der Waals surface area contributed by atoms with E-state index in [0.717, 1.165) is 23.2 Å². The molecule has 1 saturated carbocycles. The molecule has 26 heavy (non-hydrogen) atoms. The molecule has 138 valence electrons. The maximum atomic E-state index is 4.59. The molecule has 0 unspecified atom stereocenters. The van der Waals surface area contributed by atoms with Crippen molar-refractivity contribution in [3.05, 3.63) is 53.8 Å². The van der Waals surface area contributed by atoms with Crippen LogP contribution in [0.15, 0.2) is 58.0 Å². The first-order valence-electron chi connectivity index (χ1n) is 8.36. The highest BCUT2D eigenvalue weighted by molar-refractivity contribution is 14.0. The van der Waals surface area contributed by atoms with Gasteiger partial charge < -0.3 is 10.6 Å². The van der Waals surface area contributed by atoms with Gasteiger partial charge in [0.1, 0.15) is 0 Å². The Bertz CT molecular complexity index is 841. The second kappa shape index (κ2) is 8.62. The SMILES string of the molecule is CN=C(NCc1cn2ccsc2n1)NCC1(Sc2ccccc2)CC1.I. The van der Waals surface area contributed by atoms with Crippen LogP contribution in [-0.4, -0.2) is 33.7 Å². The van der Waals surface area contributed by atoms with Gasteiger partial charge >= 0.3 is 0 Å². The normalized spacial score (nSPS) is 15.5. The molecular weight excluding hydrogens is 477 g/mol. The second-order valence-electron chi connectivity index (χ2n) is 6.20. The monoisotopic (exact) mass is 499 g/mol. The van der Waals surface area contributed by atoms with Gasteiger partial charge in [0.05, 0.1) is 12.2 Å². The van der Waals surface area contributed by atoms with Crippen LogP contribution in [0.2, 0.25) is 0 Å².